The minimum atomic E-state index is -4.07. The van der Waals surface area contributed by atoms with Crippen LogP contribution in [0.2, 0.25) is 0 Å². The average molecular weight is 222 g/mol. The van der Waals surface area contributed by atoms with E-state index >= 15 is 0 Å². The first kappa shape index (κ1) is 11.2. The first-order valence-corrected chi connectivity index (χ1v) is 5.54. The van der Waals surface area contributed by atoms with E-state index < -0.39 is 12.7 Å². The molecule has 88 valence electrons. The van der Waals surface area contributed by atoms with Gasteiger partial charge in [0.2, 0.25) is 0 Å². The Morgan fingerprint density at radius 2 is 1.67 bits per heavy atom. The molecule has 2 aliphatic rings. The van der Waals surface area contributed by atoms with Crippen LogP contribution in [-0.4, -0.2) is 35.7 Å². The number of hydrogen-bond donors (Lipinski definition) is 1. The maximum atomic E-state index is 12.4. The number of hydrogen-bond acceptors (Lipinski definition) is 2. The summed E-state index contributed by atoms with van der Waals surface area (Å²) in [6.07, 6.45) is 0.186. The normalized spacial score (nSPS) is 38.0. The fourth-order valence-electron chi connectivity index (χ4n) is 2.99. The molecule has 2 atom stereocenters. The predicted molar refractivity (Wildman–Crippen MR) is 51.4 cm³/mol. The van der Waals surface area contributed by atoms with Crippen LogP contribution < -0.4 is 5.73 Å². The van der Waals surface area contributed by atoms with Crippen LogP contribution in [0.1, 0.15) is 32.1 Å². The number of nitrogens with zero attached hydrogens (tertiary/aromatic N) is 1. The van der Waals surface area contributed by atoms with Gasteiger partial charge in [0.1, 0.15) is 0 Å². The Bertz CT molecular complexity index is 215. The second-order valence-electron chi connectivity index (χ2n) is 4.76. The zero-order valence-electron chi connectivity index (χ0n) is 8.63. The highest BCUT2D eigenvalue weighted by atomic mass is 19.4. The summed E-state index contributed by atoms with van der Waals surface area (Å²) in [5.41, 5.74) is 5.84. The standard InChI is InChI=1S/C10H17F3N2/c11-10(12,13)6-15-8-2-1-3-9(15)5-7(14)4-8/h7-9H,1-6,14H2. The van der Waals surface area contributed by atoms with Crippen molar-refractivity contribution in [2.75, 3.05) is 6.54 Å². The number of rotatable bonds is 1. The number of piperidine rings is 2. The van der Waals surface area contributed by atoms with E-state index in [1.165, 1.54) is 0 Å². The maximum Gasteiger partial charge on any atom is 0.401 e. The Morgan fingerprint density at radius 3 is 2.13 bits per heavy atom. The van der Waals surface area contributed by atoms with Gasteiger partial charge >= 0.3 is 6.18 Å². The lowest BCUT2D eigenvalue weighted by molar-refractivity contribution is -0.166. The van der Waals surface area contributed by atoms with Crippen LogP contribution in [0.15, 0.2) is 0 Å². The van der Waals surface area contributed by atoms with Crippen molar-refractivity contribution < 1.29 is 13.2 Å². The second kappa shape index (κ2) is 3.94. The van der Waals surface area contributed by atoms with Crippen molar-refractivity contribution in [3.05, 3.63) is 0 Å². The van der Waals surface area contributed by atoms with E-state index in [1.807, 2.05) is 0 Å². The van der Waals surface area contributed by atoms with Gasteiger partial charge < -0.3 is 5.73 Å². The third-order valence-electron chi connectivity index (χ3n) is 3.52. The van der Waals surface area contributed by atoms with E-state index in [4.69, 9.17) is 5.73 Å². The fourth-order valence-corrected chi connectivity index (χ4v) is 2.99. The summed E-state index contributed by atoms with van der Waals surface area (Å²) in [6.45, 7) is -0.755. The van der Waals surface area contributed by atoms with Crippen molar-refractivity contribution in [2.45, 2.75) is 56.4 Å². The molecule has 2 fully saturated rings. The molecule has 2 bridgehead atoms. The summed E-state index contributed by atoms with van der Waals surface area (Å²) in [5, 5.41) is 0. The van der Waals surface area contributed by atoms with Crippen LogP contribution >= 0.6 is 0 Å². The van der Waals surface area contributed by atoms with Gasteiger partial charge in [0.05, 0.1) is 6.54 Å². The highest BCUT2D eigenvalue weighted by Gasteiger charge is 2.42. The van der Waals surface area contributed by atoms with Crippen molar-refractivity contribution in [2.24, 2.45) is 5.73 Å². The van der Waals surface area contributed by atoms with Gasteiger partial charge in [0, 0.05) is 18.1 Å². The van der Waals surface area contributed by atoms with E-state index in [0.717, 1.165) is 32.1 Å². The van der Waals surface area contributed by atoms with Gasteiger partial charge in [-0.15, -0.1) is 0 Å². The molecule has 0 amide bonds. The van der Waals surface area contributed by atoms with Crippen LogP contribution in [0.4, 0.5) is 13.2 Å². The molecule has 0 aliphatic carbocycles. The van der Waals surface area contributed by atoms with Gasteiger partial charge in [-0.1, -0.05) is 6.42 Å². The van der Waals surface area contributed by atoms with Crippen molar-refractivity contribution in [3.63, 3.8) is 0 Å². The SMILES string of the molecule is NC1CC2CCCC(C1)N2CC(F)(F)F. The number of alkyl halides is 3. The van der Waals surface area contributed by atoms with Crippen molar-refractivity contribution >= 4 is 0 Å². The molecule has 2 N–H and O–H groups in total. The molecule has 0 spiro atoms. The van der Waals surface area contributed by atoms with E-state index in [2.05, 4.69) is 0 Å². The minimum Gasteiger partial charge on any atom is -0.328 e. The lowest BCUT2D eigenvalue weighted by Gasteiger charge is -2.48. The molecule has 0 saturated carbocycles. The van der Waals surface area contributed by atoms with E-state index in [-0.39, 0.29) is 18.1 Å². The molecule has 0 aromatic rings. The molecule has 0 aromatic carbocycles. The van der Waals surface area contributed by atoms with Gasteiger partial charge in [-0.05, 0) is 25.7 Å². The average Bonchev–Trinajstić information content (AvgIpc) is 2.04. The summed E-state index contributed by atoms with van der Waals surface area (Å²) in [4.78, 5) is 1.63. The molecule has 2 rings (SSSR count). The Morgan fingerprint density at radius 1 is 1.13 bits per heavy atom. The summed E-state index contributed by atoms with van der Waals surface area (Å²) in [7, 11) is 0. The Labute approximate surface area is 87.6 Å². The molecule has 2 unspecified atom stereocenters. The molecule has 5 heteroatoms. The van der Waals surface area contributed by atoms with E-state index in [1.54, 1.807) is 4.90 Å². The maximum absolute atomic E-state index is 12.4. The summed E-state index contributed by atoms with van der Waals surface area (Å²) in [6, 6.07) is 0.230. The largest absolute Gasteiger partial charge is 0.401 e. The molecule has 2 heterocycles. The Hall–Kier alpha value is -0.290. The lowest BCUT2D eigenvalue weighted by atomic mass is 9.82. The zero-order chi connectivity index (χ0) is 11.1. The molecule has 2 saturated heterocycles. The summed E-state index contributed by atoms with van der Waals surface area (Å²) < 4.78 is 37.1. The monoisotopic (exact) mass is 222 g/mol. The van der Waals surface area contributed by atoms with Crippen LogP contribution in [0, 0.1) is 0 Å². The van der Waals surface area contributed by atoms with Gasteiger partial charge in [0.25, 0.3) is 0 Å². The minimum absolute atomic E-state index is 0.0640. The predicted octanol–water partition coefficient (Wildman–Crippen LogP) is 1.89. The van der Waals surface area contributed by atoms with Crippen molar-refractivity contribution in [1.29, 1.82) is 0 Å². The molecule has 2 nitrogen and oxygen atoms in total. The number of fused-ring (bicyclic) bond motifs is 2. The van der Waals surface area contributed by atoms with Crippen LogP contribution in [0.3, 0.4) is 0 Å². The molecule has 2 aliphatic heterocycles. The Balaban J connectivity index is 2.04. The highest BCUT2D eigenvalue weighted by molar-refractivity contribution is 4.94. The number of halogens is 3. The van der Waals surface area contributed by atoms with Crippen LogP contribution in [-0.2, 0) is 0 Å². The third kappa shape index (κ3) is 2.64. The Kier molecular flexibility index (Phi) is 2.94. The van der Waals surface area contributed by atoms with Gasteiger partial charge in [-0.3, -0.25) is 4.90 Å². The zero-order valence-corrected chi connectivity index (χ0v) is 8.63. The summed E-state index contributed by atoms with van der Waals surface area (Å²) in [5.74, 6) is 0. The third-order valence-corrected chi connectivity index (χ3v) is 3.52. The van der Waals surface area contributed by atoms with Crippen LogP contribution in [0.5, 0.6) is 0 Å². The lowest BCUT2D eigenvalue weighted by Crippen LogP contribution is -2.57. The molecular weight excluding hydrogens is 205 g/mol. The molecular formula is C10H17F3N2. The van der Waals surface area contributed by atoms with Crippen molar-refractivity contribution in [1.82, 2.24) is 4.90 Å². The first-order chi connectivity index (χ1) is 6.96. The first-order valence-electron chi connectivity index (χ1n) is 5.54. The smallest absolute Gasteiger partial charge is 0.328 e. The molecule has 0 radical (unpaired) electrons. The topological polar surface area (TPSA) is 29.3 Å². The molecule has 15 heavy (non-hydrogen) atoms. The van der Waals surface area contributed by atoms with Gasteiger partial charge in [0.15, 0.2) is 0 Å². The van der Waals surface area contributed by atoms with Crippen LogP contribution in [0.25, 0.3) is 0 Å². The van der Waals surface area contributed by atoms with E-state index in [0.29, 0.717) is 0 Å². The fraction of sp³-hybridized carbons (Fsp3) is 1.00. The van der Waals surface area contributed by atoms with E-state index in [9.17, 15) is 13.2 Å². The number of nitrogens with two attached hydrogens (primary N) is 1. The quantitative estimate of drug-likeness (QED) is 0.734. The molecule has 0 aromatic heterocycles. The summed E-state index contributed by atoms with van der Waals surface area (Å²) >= 11 is 0. The van der Waals surface area contributed by atoms with Gasteiger partial charge in [-0.25, -0.2) is 0 Å². The van der Waals surface area contributed by atoms with Gasteiger partial charge in [-0.2, -0.15) is 13.2 Å². The second-order valence-corrected chi connectivity index (χ2v) is 4.76. The highest BCUT2D eigenvalue weighted by Crippen LogP contribution is 2.35. The van der Waals surface area contributed by atoms with Crippen molar-refractivity contribution in [3.8, 4) is 0 Å².